The first-order valence-electron chi connectivity index (χ1n) is 8.99. The van der Waals surface area contributed by atoms with Crippen molar-refractivity contribution < 1.29 is 19.5 Å². The van der Waals surface area contributed by atoms with Crippen molar-refractivity contribution in [1.82, 2.24) is 4.90 Å². The van der Waals surface area contributed by atoms with Gasteiger partial charge in [-0.1, -0.05) is 36.4 Å². The third kappa shape index (κ3) is 4.73. The lowest BCUT2D eigenvalue weighted by molar-refractivity contribution is -0.136. The fourth-order valence-corrected chi connectivity index (χ4v) is 3.30. The van der Waals surface area contributed by atoms with Crippen molar-refractivity contribution in [3.8, 4) is 0 Å². The molecule has 3 rings (SSSR count). The number of para-hydroxylation sites is 1. The van der Waals surface area contributed by atoms with Gasteiger partial charge in [0.05, 0.1) is 6.42 Å². The van der Waals surface area contributed by atoms with Crippen LogP contribution in [0, 0.1) is 5.92 Å². The molecule has 6 heteroatoms. The number of hydrogen-bond acceptors (Lipinski definition) is 3. The highest BCUT2D eigenvalue weighted by atomic mass is 16.4. The lowest BCUT2D eigenvalue weighted by Gasteiger charge is -2.31. The number of carboxylic acid groups (broad SMARTS) is 1. The van der Waals surface area contributed by atoms with Crippen LogP contribution in [0.15, 0.2) is 54.6 Å². The van der Waals surface area contributed by atoms with Crippen LogP contribution in [0.3, 0.4) is 0 Å². The van der Waals surface area contributed by atoms with Crippen molar-refractivity contribution in [3.05, 3.63) is 65.7 Å². The maximum atomic E-state index is 12.6. The minimum atomic E-state index is -0.940. The summed E-state index contributed by atoms with van der Waals surface area (Å²) in [5, 5.41) is 11.9. The van der Waals surface area contributed by atoms with Gasteiger partial charge in [0.25, 0.3) is 5.91 Å². The molecule has 0 saturated carbocycles. The predicted molar refractivity (Wildman–Crippen MR) is 101 cm³/mol. The largest absolute Gasteiger partial charge is 0.481 e. The number of carbonyl (C=O) groups excluding carboxylic acids is 2. The molecule has 2 amide bonds. The highest BCUT2D eigenvalue weighted by molar-refractivity contribution is 5.95. The van der Waals surface area contributed by atoms with Crippen LogP contribution in [0.25, 0.3) is 0 Å². The van der Waals surface area contributed by atoms with Gasteiger partial charge in [-0.05, 0) is 36.6 Å². The number of carbonyl (C=O) groups is 3. The maximum absolute atomic E-state index is 12.6. The van der Waals surface area contributed by atoms with Crippen molar-refractivity contribution in [1.29, 1.82) is 0 Å². The maximum Gasteiger partial charge on any atom is 0.307 e. The molecule has 0 bridgehead atoms. The predicted octanol–water partition coefficient (Wildman–Crippen LogP) is 2.80. The summed E-state index contributed by atoms with van der Waals surface area (Å²) in [6, 6.07) is 16.1. The van der Waals surface area contributed by atoms with E-state index in [1.54, 1.807) is 41.3 Å². The van der Waals surface area contributed by atoms with E-state index in [0.717, 1.165) is 0 Å². The Bertz CT molecular complexity index is 827. The molecular formula is C21H22N2O4. The fourth-order valence-electron chi connectivity index (χ4n) is 3.30. The minimum absolute atomic E-state index is 0.0127. The molecule has 2 aromatic rings. The molecule has 0 atom stereocenters. The van der Waals surface area contributed by atoms with Crippen LogP contribution in [0.5, 0.6) is 0 Å². The van der Waals surface area contributed by atoms with E-state index in [4.69, 9.17) is 5.11 Å². The molecule has 140 valence electrons. The van der Waals surface area contributed by atoms with Crippen LogP contribution >= 0.6 is 0 Å². The smallest absolute Gasteiger partial charge is 0.307 e. The zero-order valence-electron chi connectivity index (χ0n) is 14.9. The van der Waals surface area contributed by atoms with Crippen molar-refractivity contribution in [2.24, 2.45) is 5.92 Å². The molecule has 1 fully saturated rings. The number of likely N-dealkylation sites (tertiary alicyclic amines) is 1. The number of aliphatic carboxylic acids is 1. The van der Waals surface area contributed by atoms with E-state index in [-0.39, 0.29) is 24.2 Å². The Labute approximate surface area is 157 Å². The summed E-state index contributed by atoms with van der Waals surface area (Å²) in [7, 11) is 0. The Kier molecular flexibility index (Phi) is 5.86. The van der Waals surface area contributed by atoms with Gasteiger partial charge >= 0.3 is 5.97 Å². The number of piperidine rings is 1. The van der Waals surface area contributed by atoms with Gasteiger partial charge in [0.1, 0.15) is 0 Å². The van der Waals surface area contributed by atoms with Gasteiger partial charge in [0.15, 0.2) is 0 Å². The summed E-state index contributed by atoms with van der Waals surface area (Å²) in [6.45, 7) is 1.06. The molecule has 2 aromatic carbocycles. The molecular weight excluding hydrogens is 344 g/mol. The third-order valence-corrected chi connectivity index (χ3v) is 4.79. The molecule has 1 heterocycles. The third-order valence-electron chi connectivity index (χ3n) is 4.79. The van der Waals surface area contributed by atoms with Gasteiger partial charge in [0.2, 0.25) is 5.91 Å². The summed E-state index contributed by atoms with van der Waals surface area (Å²) in [6.07, 6.45) is 1.04. The molecule has 2 N–H and O–H groups in total. The van der Waals surface area contributed by atoms with E-state index in [9.17, 15) is 14.4 Å². The molecule has 0 radical (unpaired) electrons. The minimum Gasteiger partial charge on any atom is -0.481 e. The fraction of sp³-hybridized carbons (Fsp3) is 0.286. The lowest BCUT2D eigenvalue weighted by atomic mass is 9.95. The monoisotopic (exact) mass is 366 g/mol. The summed E-state index contributed by atoms with van der Waals surface area (Å²) in [5.74, 6) is -1.27. The van der Waals surface area contributed by atoms with E-state index < -0.39 is 5.97 Å². The molecule has 6 nitrogen and oxygen atoms in total. The van der Waals surface area contributed by atoms with Gasteiger partial charge < -0.3 is 15.3 Å². The second kappa shape index (κ2) is 8.49. The Hall–Kier alpha value is -3.15. The Morgan fingerprint density at radius 3 is 2.26 bits per heavy atom. The summed E-state index contributed by atoms with van der Waals surface area (Å²) in [5.41, 5.74) is 1.77. The Balaban J connectivity index is 1.58. The van der Waals surface area contributed by atoms with E-state index in [1.165, 1.54) is 0 Å². The normalized spacial score (nSPS) is 14.6. The van der Waals surface area contributed by atoms with Crippen LogP contribution in [0.4, 0.5) is 5.69 Å². The van der Waals surface area contributed by atoms with Gasteiger partial charge in [-0.15, -0.1) is 0 Å². The SMILES string of the molecule is O=C(O)Cc1ccccc1NC(=O)C1CCN(C(=O)c2ccccc2)CC1. The van der Waals surface area contributed by atoms with E-state index in [1.807, 2.05) is 18.2 Å². The van der Waals surface area contributed by atoms with E-state index >= 15 is 0 Å². The molecule has 0 unspecified atom stereocenters. The number of hydrogen-bond donors (Lipinski definition) is 2. The average molecular weight is 366 g/mol. The zero-order valence-corrected chi connectivity index (χ0v) is 14.9. The first-order valence-corrected chi connectivity index (χ1v) is 8.99. The van der Waals surface area contributed by atoms with Gasteiger partial charge in [-0.2, -0.15) is 0 Å². The molecule has 1 aliphatic rings. The lowest BCUT2D eigenvalue weighted by Crippen LogP contribution is -2.41. The first-order chi connectivity index (χ1) is 13.0. The number of rotatable bonds is 5. The number of amides is 2. The van der Waals surface area contributed by atoms with Gasteiger partial charge in [0, 0.05) is 30.3 Å². The standard InChI is InChI=1S/C21H22N2O4/c24-19(25)14-17-8-4-5-9-18(17)22-20(26)15-10-12-23(13-11-15)21(27)16-6-2-1-3-7-16/h1-9,15H,10-14H2,(H,22,26)(H,24,25). The van der Waals surface area contributed by atoms with E-state index in [2.05, 4.69) is 5.32 Å². The zero-order chi connectivity index (χ0) is 19.2. The molecule has 0 aliphatic carbocycles. The highest BCUT2D eigenvalue weighted by Crippen LogP contribution is 2.22. The van der Waals surface area contributed by atoms with Crippen LogP contribution in [-0.2, 0) is 16.0 Å². The van der Waals surface area contributed by atoms with Crippen LogP contribution in [-0.4, -0.2) is 40.9 Å². The van der Waals surface area contributed by atoms with Crippen molar-refractivity contribution in [3.63, 3.8) is 0 Å². The number of nitrogens with zero attached hydrogens (tertiary/aromatic N) is 1. The Morgan fingerprint density at radius 1 is 0.963 bits per heavy atom. The molecule has 1 aliphatic heterocycles. The van der Waals surface area contributed by atoms with Crippen LogP contribution < -0.4 is 5.32 Å². The van der Waals surface area contributed by atoms with Crippen LogP contribution in [0.1, 0.15) is 28.8 Å². The molecule has 1 saturated heterocycles. The Morgan fingerprint density at radius 2 is 1.59 bits per heavy atom. The molecule has 0 aromatic heterocycles. The summed E-state index contributed by atoms with van der Waals surface area (Å²) >= 11 is 0. The van der Waals surface area contributed by atoms with Gasteiger partial charge in [-0.3, -0.25) is 14.4 Å². The van der Waals surface area contributed by atoms with Crippen LogP contribution in [0.2, 0.25) is 0 Å². The van der Waals surface area contributed by atoms with Crippen molar-refractivity contribution in [2.75, 3.05) is 18.4 Å². The topological polar surface area (TPSA) is 86.7 Å². The number of benzene rings is 2. The summed E-state index contributed by atoms with van der Waals surface area (Å²) < 4.78 is 0. The second-order valence-electron chi connectivity index (χ2n) is 6.65. The molecule has 27 heavy (non-hydrogen) atoms. The average Bonchev–Trinajstić information content (AvgIpc) is 2.69. The van der Waals surface area contributed by atoms with Crippen molar-refractivity contribution >= 4 is 23.5 Å². The first kappa shape index (κ1) is 18.6. The number of anilines is 1. The van der Waals surface area contributed by atoms with Crippen molar-refractivity contribution in [2.45, 2.75) is 19.3 Å². The highest BCUT2D eigenvalue weighted by Gasteiger charge is 2.28. The second-order valence-corrected chi connectivity index (χ2v) is 6.65. The number of nitrogens with one attached hydrogen (secondary N) is 1. The number of carboxylic acids is 1. The summed E-state index contributed by atoms with van der Waals surface area (Å²) in [4.78, 5) is 37.8. The van der Waals surface area contributed by atoms with Gasteiger partial charge in [-0.25, -0.2) is 0 Å². The molecule has 0 spiro atoms. The quantitative estimate of drug-likeness (QED) is 0.852. The van der Waals surface area contributed by atoms with E-state index in [0.29, 0.717) is 42.7 Å².